The maximum atomic E-state index is 5.90. The van der Waals surface area contributed by atoms with E-state index in [1.54, 1.807) is 0 Å². The van der Waals surface area contributed by atoms with E-state index in [9.17, 15) is 0 Å². The van der Waals surface area contributed by atoms with Crippen LogP contribution in [-0.4, -0.2) is 31.1 Å². The molecule has 1 aliphatic rings. The van der Waals surface area contributed by atoms with E-state index in [1.165, 1.54) is 24.9 Å². The average Bonchev–Trinajstić information content (AvgIpc) is 2.29. The normalized spacial score (nSPS) is 23.6. The van der Waals surface area contributed by atoms with Gasteiger partial charge in [-0.15, -0.1) is 0 Å². The zero-order valence-corrected chi connectivity index (χ0v) is 11.4. The summed E-state index contributed by atoms with van der Waals surface area (Å²) in [5.41, 5.74) is 1.31. The molecule has 2 unspecified atom stereocenters. The number of likely N-dealkylation sites (tertiary alicyclic amines) is 1. The van der Waals surface area contributed by atoms with Crippen LogP contribution in [0.2, 0.25) is 5.02 Å². The van der Waals surface area contributed by atoms with Crippen LogP contribution in [0.5, 0.6) is 0 Å². The fourth-order valence-corrected chi connectivity index (χ4v) is 2.63. The van der Waals surface area contributed by atoms with Crippen LogP contribution in [0.15, 0.2) is 24.3 Å². The summed E-state index contributed by atoms with van der Waals surface area (Å²) in [5, 5.41) is 4.50. The van der Waals surface area contributed by atoms with Crippen molar-refractivity contribution >= 4 is 11.6 Å². The average molecular weight is 253 g/mol. The van der Waals surface area contributed by atoms with Gasteiger partial charge in [-0.1, -0.05) is 23.7 Å². The van der Waals surface area contributed by atoms with Crippen LogP contribution in [0.3, 0.4) is 0 Å². The molecule has 2 atom stereocenters. The van der Waals surface area contributed by atoms with E-state index in [-0.39, 0.29) is 0 Å². The van der Waals surface area contributed by atoms with Gasteiger partial charge in [-0.2, -0.15) is 0 Å². The highest BCUT2D eigenvalue weighted by Gasteiger charge is 2.18. The molecule has 0 radical (unpaired) electrons. The van der Waals surface area contributed by atoms with Crippen LogP contribution in [0.4, 0.5) is 0 Å². The predicted molar refractivity (Wildman–Crippen MR) is 73.5 cm³/mol. The first-order valence-corrected chi connectivity index (χ1v) is 6.73. The molecule has 0 amide bonds. The van der Waals surface area contributed by atoms with Gasteiger partial charge in [-0.05, 0) is 51.1 Å². The van der Waals surface area contributed by atoms with Gasteiger partial charge >= 0.3 is 0 Å². The van der Waals surface area contributed by atoms with Crippen molar-refractivity contribution in [2.45, 2.75) is 31.8 Å². The molecule has 2 nitrogen and oxygen atoms in total. The Hall–Kier alpha value is -0.570. The number of piperidine rings is 1. The van der Waals surface area contributed by atoms with E-state index < -0.39 is 0 Å². The lowest BCUT2D eigenvalue weighted by Crippen LogP contribution is -2.44. The molecule has 17 heavy (non-hydrogen) atoms. The van der Waals surface area contributed by atoms with Crippen LogP contribution < -0.4 is 5.32 Å². The Labute approximate surface area is 109 Å². The van der Waals surface area contributed by atoms with Gasteiger partial charge in [0, 0.05) is 23.7 Å². The number of rotatable bonds is 3. The zero-order valence-electron chi connectivity index (χ0n) is 10.6. The van der Waals surface area contributed by atoms with Gasteiger partial charge in [0.1, 0.15) is 0 Å². The van der Waals surface area contributed by atoms with Gasteiger partial charge in [0.15, 0.2) is 0 Å². The number of benzene rings is 1. The van der Waals surface area contributed by atoms with Crippen molar-refractivity contribution < 1.29 is 0 Å². The molecule has 0 bridgehead atoms. The lowest BCUT2D eigenvalue weighted by molar-refractivity contribution is 0.218. The van der Waals surface area contributed by atoms with E-state index in [0.29, 0.717) is 12.1 Å². The number of nitrogens with zero attached hydrogens (tertiary/aromatic N) is 1. The van der Waals surface area contributed by atoms with Crippen LogP contribution in [0.1, 0.15) is 31.4 Å². The molecule has 0 aliphatic carbocycles. The summed E-state index contributed by atoms with van der Waals surface area (Å²) < 4.78 is 0. The van der Waals surface area contributed by atoms with E-state index in [0.717, 1.165) is 11.6 Å². The van der Waals surface area contributed by atoms with Gasteiger partial charge in [0.05, 0.1) is 0 Å². The Morgan fingerprint density at radius 3 is 2.71 bits per heavy atom. The number of hydrogen-bond acceptors (Lipinski definition) is 2. The minimum Gasteiger partial charge on any atom is -0.306 e. The molecule has 0 saturated carbocycles. The molecule has 1 saturated heterocycles. The van der Waals surface area contributed by atoms with Crippen molar-refractivity contribution in [1.29, 1.82) is 0 Å². The van der Waals surface area contributed by atoms with Gasteiger partial charge in [0.25, 0.3) is 0 Å². The molecule has 0 aromatic heterocycles. The molecule has 3 heteroatoms. The van der Waals surface area contributed by atoms with Crippen molar-refractivity contribution in [3.8, 4) is 0 Å². The van der Waals surface area contributed by atoms with E-state index in [4.69, 9.17) is 11.6 Å². The quantitative estimate of drug-likeness (QED) is 0.890. The molecule has 0 spiro atoms. The summed E-state index contributed by atoms with van der Waals surface area (Å²) in [5.74, 6) is 0. The first-order chi connectivity index (χ1) is 8.15. The molecular weight excluding hydrogens is 232 g/mol. The molecule has 94 valence electrons. The second-order valence-electron chi connectivity index (χ2n) is 5.04. The fraction of sp³-hybridized carbons (Fsp3) is 0.571. The first-order valence-electron chi connectivity index (χ1n) is 6.35. The Morgan fingerprint density at radius 2 is 2.06 bits per heavy atom. The minimum atomic E-state index is 0.392. The smallest absolute Gasteiger partial charge is 0.0406 e. The second-order valence-corrected chi connectivity index (χ2v) is 5.48. The Balaban J connectivity index is 1.91. The second kappa shape index (κ2) is 5.85. The van der Waals surface area contributed by atoms with Crippen molar-refractivity contribution in [2.24, 2.45) is 0 Å². The van der Waals surface area contributed by atoms with Gasteiger partial charge in [-0.3, -0.25) is 0 Å². The monoisotopic (exact) mass is 252 g/mol. The van der Waals surface area contributed by atoms with Crippen LogP contribution in [-0.2, 0) is 0 Å². The highest BCUT2D eigenvalue weighted by Crippen LogP contribution is 2.18. The summed E-state index contributed by atoms with van der Waals surface area (Å²) in [6, 6.07) is 9.13. The third kappa shape index (κ3) is 3.70. The van der Waals surface area contributed by atoms with Crippen molar-refractivity contribution in [1.82, 2.24) is 10.2 Å². The molecule has 1 aliphatic heterocycles. The van der Waals surface area contributed by atoms with Gasteiger partial charge < -0.3 is 10.2 Å². The Kier molecular flexibility index (Phi) is 4.43. The predicted octanol–water partition coefficient (Wildman–Crippen LogP) is 3.08. The maximum absolute atomic E-state index is 5.90. The number of hydrogen-bond donors (Lipinski definition) is 1. The largest absolute Gasteiger partial charge is 0.306 e. The topological polar surface area (TPSA) is 15.3 Å². The minimum absolute atomic E-state index is 0.392. The standard InChI is InChI=1S/C14H21ClN2/c1-11(12-5-7-13(15)8-6-12)16-14-4-3-9-17(2)10-14/h5-8,11,14,16H,3-4,9-10H2,1-2H3. The van der Waals surface area contributed by atoms with E-state index in [2.05, 4.69) is 36.3 Å². The van der Waals surface area contributed by atoms with Crippen LogP contribution in [0.25, 0.3) is 0 Å². The molecule has 1 aromatic rings. The number of halogens is 1. The SMILES string of the molecule is CC(NC1CCCN(C)C1)c1ccc(Cl)cc1. The molecule has 1 aromatic carbocycles. The van der Waals surface area contributed by atoms with E-state index >= 15 is 0 Å². The van der Waals surface area contributed by atoms with Gasteiger partial charge in [0.2, 0.25) is 0 Å². The summed E-state index contributed by atoms with van der Waals surface area (Å²) in [6.45, 7) is 4.60. The summed E-state index contributed by atoms with van der Waals surface area (Å²) >= 11 is 5.90. The number of nitrogens with one attached hydrogen (secondary N) is 1. The molecule has 1 heterocycles. The third-order valence-corrected chi connectivity index (χ3v) is 3.73. The number of likely N-dealkylation sites (N-methyl/N-ethyl adjacent to an activating group) is 1. The lowest BCUT2D eigenvalue weighted by Gasteiger charge is -2.32. The zero-order chi connectivity index (χ0) is 12.3. The first kappa shape index (κ1) is 12.9. The van der Waals surface area contributed by atoms with Gasteiger partial charge in [-0.25, -0.2) is 0 Å². The molecule has 2 rings (SSSR count). The highest BCUT2D eigenvalue weighted by molar-refractivity contribution is 6.30. The highest BCUT2D eigenvalue weighted by atomic mass is 35.5. The Bertz CT molecular complexity index is 350. The third-order valence-electron chi connectivity index (χ3n) is 3.48. The van der Waals surface area contributed by atoms with E-state index in [1.807, 2.05) is 12.1 Å². The molecule has 1 fully saturated rings. The summed E-state index contributed by atoms with van der Waals surface area (Å²) in [6.07, 6.45) is 2.57. The van der Waals surface area contributed by atoms with Crippen LogP contribution >= 0.6 is 11.6 Å². The Morgan fingerprint density at radius 1 is 1.35 bits per heavy atom. The van der Waals surface area contributed by atoms with Crippen molar-refractivity contribution in [3.05, 3.63) is 34.9 Å². The fourth-order valence-electron chi connectivity index (χ4n) is 2.50. The summed E-state index contributed by atoms with van der Waals surface area (Å²) in [4.78, 5) is 2.40. The maximum Gasteiger partial charge on any atom is 0.0406 e. The van der Waals surface area contributed by atoms with Crippen LogP contribution in [0, 0.1) is 0 Å². The van der Waals surface area contributed by atoms with Crippen molar-refractivity contribution in [3.63, 3.8) is 0 Å². The molecule has 1 N–H and O–H groups in total. The lowest BCUT2D eigenvalue weighted by atomic mass is 10.0. The summed E-state index contributed by atoms with van der Waals surface area (Å²) in [7, 11) is 2.20. The van der Waals surface area contributed by atoms with Crippen molar-refractivity contribution in [2.75, 3.05) is 20.1 Å². The molecular formula is C14H21ClN2.